The van der Waals surface area contributed by atoms with Crippen molar-refractivity contribution in [3.05, 3.63) is 28.9 Å². The lowest BCUT2D eigenvalue weighted by atomic mass is 10.2. The summed E-state index contributed by atoms with van der Waals surface area (Å²) >= 11 is 1.69. The van der Waals surface area contributed by atoms with E-state index in [1.54, 1.807) is 11.3 Å². The van der Waals surface area contributed by atoms with E-state index in [9.17, 15) is 0 Å². The third-order valence-corrected chi connectivity index (χ3v) is 3.28. The van der Waals surface area contributed by atoms with Gasteiger partial charge < -0.3 is 5.32 Å². The fraction of sp³-hybridized carbons (Fsp3) is 0.333. The van der Waals surface area contributed by atoms with Crippen LogP contribution in [0, 0.1) is 13.8 Å². The van der Waals surface area contributed by atoms with Gasteiger partial charge in [0.25, 0.3) is 0 Å². The molecule has 4 heteroatoms. The Kier molecular flexibility index (Phi) is 3.19. The van der Waals surface area contributed by atoms with Gasteiger partial charge in [0.15, 0.2) is 5.82 Å². The highest BCUT2D eigenvalue weighted by Gasteiger charge is 2.11. The predicted molar refractivity (Wildman–Crippen MR) is 69.0 cm³/mol. The number of hydrogen-bond acceptors (Lipinski definition) is 4. The van der Waals surface area contributed by atoms with Crippen molar-refractivity contribution in [2.45, 2.75) is 20.8 Å². The molecule has 84 valence electrons. The van der Waals surface area contributed by atoms with Crippen LogP contribution in [0.3, 0.4) is 0 Å². The van der Waals surface area contributed by atoms with Gasteiger partial charge in [-0.05, 0) is 32.2 Å². The molecule has 0 bridgehead atoms. The lowest BCUT2D eigenvalue weighted by molar-refractivity contribution is 1.04. The first kappa shape index (κ1) is 11.1. The van der Waals surface area contributed by atoms with Crippen molar-refractivity contribution in [2.75, 3.05) is 11.9 Å². The summed E-state index contributed by atoms with van der Waals surface area (Å²) in [6.45, 7) is 6.90. The third kappa shape index (κ3) is 2.07. The Morgan fingerprint density at radius 2 is 2.00 bits per heavy atom. The molecular formula is C12H15N3S. The Morgan fingerprint density at radius 1 is 1.25 bits per heavy atom. The van der Waals surface area contributed by atoms with Gasteiger partial charge in [-0.25, -0.2) is 9.97 Å². The molecule has 0 radical (unpaired) electrons. The second kappa shape index (κ2) is 4.61. The van der Waals surface area contributed by atoms with Gasteiger partial charge in [0, 0.05) is 6.54 Å². The zero-order chi connectivity index (χ0) is 11.5. The molecule has 0 aliphatic carbocycles. The molecule has 0 aromatic carbocycles. The summed E-state index contributed by atoms with van der Waals surface area (Å²) in [5.74, 6) is 0.882. The van der Waals surface area contributed by atoms with Gasteiger partial charge in [-0.1, -0.05) is 6.07 Å². The van der Waals surface area contributed by atoms with E-state index in [-0.39, 0.29) is 0 Å². The second-order valence-corrected chi connectivity index (χ2v) is 4.55. The molecule has 2 heterocycles. The van der Waals surface area contributed by atoms with Gasteiger partial charge in [0.05, 0.1) is 16.3 Å². The van der Waals surface area contributed by atoms with Crippen LogP contribution >= 0.6 is 11.3 Å². The molecule has 0 aliphatic rings. The Morgan fingerprint density at radius 3 is 2.62 bits per heavy atom. The highest BCUT2D eigenvalue weighted by Crippen LogP contribution is 2.29. The van der Waals surface area contributed by atoms with E-state index in [0.29, 0.717) is 0 Å². The van der Waals surface area contributed by atoms with Crippen molar-refractivity contribution in [1.29, 1.82) is 0 Å². The van der Waals surface area contributed by atoms with Gasteiger partial charge >= 0.3 is 0 Å². The normalized spacial score (nSPS) is 10.4. The van der Waals surface area contributed by atoms with E-state index >= 15 is 0 Å². The van der Waals surface area contributed by atoms with Crippen LogP contribution in [0.2, 0.25) is 0 Å². The maximum absolute atomic E-state index is 4.62. The van der Waals surface area contributed by atoms with Gasteiger partial charge in [0.1, 0.15) is 5.69 Å². The van der Waals surface area contributed by atoms with Crippen LogP contribution in [0.1, 0.15) is 18.3 Å². The number of aryl methyl sites for hydroxylation is 2. The van der Waals surface area contributed by atoms with E-state index < -0.39 is 0 Å². The molecule has 1 N–H and O–H groups in total. The molecule has 0 aliphatic heterocycles. The molecule has 2 aromatic heterocycles. The van der Waals surface area contributed by atoms with Crippen molar-refractivity contribution in [1.82, 2.24) is 9.97 Å². The summed E-state index contributed by atoms with van der Waals surface area (Å²) in [5, 5.41) is 5.32. The van der Waals surface area contributed by atoms with Gasteiger partial charge in [-0.3, -0.25) is 0 Å². The Bertz CT molecular complexity index is 477. The van der Waals surface area contributed by atoms with Crippen molar-refractivity contribution in [3.63, 3.8) is 0 Å². The van der Waals surface area contributed by atoms with Crippen LogP contribution < -0.4 is 5.32 Å². The quantitative estimate of drug-likeness (QED) is 0.884. The summed E-state index contributed by atoms with van der Waals surface area (Å²) in [5.41, 5.74) is 2.93. The Balaban J connectivity index is 2.54. The second-order valence-electron chi connectivity index (χ2n) is 3.60. The molecule has 0 spiro atoms. The monoisotopic (exact) mass is 233 g/mol. The number of nitrogens with zero attached hydrogens (tertiary/aromatic N) is 2. The molecule has 2 aromatic rings. The van der Waals surface area contributed by atoms with Crippen molar-refractivity contribution in [3.8, 4) is 10.6 Å². The largest absolute Gasteiger partial charge is 0.369 e. The average Bonchev–Trinajstić information content (AvgIpc) is 2.76. The lowest BCUT2D eigenvalue weighted by Gasteiger charge is -2.10. The molecule has 0 unspecified atom stereocenters. The van der Waals surface area contributed by atoms with Crippen LogP contribution in [0.25, 0.3) is 10.6 Å². The van der Waals surface area contributed by atoms with Crippen LogP contribution in [-0.2, 0) is 0 Å². The number of rotatable bonds is 3. The number of hydrogen-bond donors (Lipinski definition) is 1. The number of thiophene rings is 1. The number of anilines is 1. The van der Waals surface area contributed by atoms with Crippen LogP contribution in [0.4, 0.5) is 5.82 Å². The molecule has 0 fully saturated rings. The topological polar surface area (TPSA) is 37.8 Å². The summed E-state index contributed by atoms with van der Waals surface area (Å²) in [6.07, 6.45) is 0. The molecule has 0 saturated heterocycles. The SMILES string of the molecule is CCNc1nc(C)c(C)nc1-c1cccs1. The molecule has 16 heavy (non-hydrogen) atoms. The Labute approximate surface area is 99.6 Å². The first-order valence-electron chi connectivity index (χ1n) is 5.35. The highest BCUT2D eigenvalue weighted by molar-refractivity contribution is 7.13. The number of nitrogens with one attached hydrogen (secondary N) is 1. The predicted octanol–water partition coefficient (Wildman–Crippen LogP) is 3.25. The minimum Gasteiger partial charge on any atom is -0.369 e. The van der Waals surface area contributed by atoms with E-state index in [0.717, 1.165) is 34.3 Å². The van der Waals surface area contributed by atoms with Crippen molar-refractivity contribution < 1.29 is 0 Å². The summed E-state index contributed by atoms with van der Waals surface area (Å²) in [7, 11) is 0. The first-order valence-corrected chi connectivity index (χ1v) is 6.23. The fourth-order valence-electron chi connectivity index (χ4n) is 1.48. The van der Waals surface area contributed by atoms with Crippen molar-refractivity contribution in [2.24, 2.45) is 0 Å². The smallest absolute Gasteiger partial charge is 0.153 e. The maximum Gasteiger partial charge on any atom is 0.153 e. The van der Waals surface area contributed by atoms with Crippen molar-refractivity contribution >= 4 is 17.2 Å². The molecule has 0 amide bonds. The van der Waals surface area contributed by atoms with Crippen LogP contribution in [-0.4, -0.2) is 16.5 Å². The van der Waals surface area contributed by atoms with E-state index in [1.807, 2.05) is 19.9 Å². The highest BCUT2D eigenvalue weighted by atomic mass is 32.1. The fourth-order valence-corrected chi connectivity index (χ4v) is 2.19. The van der Waals surface area contributed by atoms with E-state index in [4.69, 9.17) is 0 Å². The third-order valence-electron chi connectivity index (χ3n) is 2.41. The lowest BCUT2D eigenvalue weighted by Crippen LogP contribution is -2.05. The summed E-state index contributed by atoms with van der Waals surface area (Å²) in [6, 6.07) is 4.11. The minimum absolute atomic E-state index is 0.857. The molecule has 2 rings (SSSR count). The summed E-state index contributed by atoms with van der Waals surface area (Å²) < 4.78 is 0. The molecule has 3 nitrogen and oxygen atoms in total. The molecular weight excluding hydrogens is 218 g/mol. The first-order chi connectivity index (χ1) is 7.72. The Hall–Kier alpha value is -1.42. The molecule has 0 saturated carbocycles. The van der Waals surface area contributed by atoms with Gasteiger partial charge in [-0.2, -0.15) is 0 Å². The molecule has 0 atom stereocenters. The van der Waals surface area contributed by atoms with Crippen LogP contribution in [0.5, 0.6) is 0 Å². The zero-order valence-electron chi connectivity index (χ0n) is 9.74. The van der Waals surface area contributed by atoms with Gasteiger partial charge in [0.2, 0.25) is 0 Å². The van der Waals surface area contributed by atoms with Gasteiger partial charge in [-0.15, -0.1) is 11.3 Å². The summed E-state index contributed by atoms with van der Waals surface area (Å²) in [4.78, 5) is 10.3. The van der Waals surface area contributed by atoms with E-state index in [1.165, 1.54) is 0 Å². The minimum atomic E-state index is 0.857. The average molecular weight is 233 g/mol. The van der Waals surface area contributed by atoms with E-state index in [2.05, 4.69) is 33.7 Å². The van der Waals surface area contributed by atoms with Crippen LogP contribution in [0.15, 0.2) is 17.5 Å². The zero-order valence-corrected chi connectivity index (χ0v) is 10.6. The maximum atomic E-state index is 4.62. The standard InChI is InChI=1S/C12H15N3S/c1-4-13-12-11(10-6-5-7-16-10)14-8(2)9(3)15-12/h5-7H,4H2,1-3H3,(H,13,15). The number of aromatic nitrogens is 2.